The van der Waals surface area contributed by atoms with Crippen LogP contribution in [0.15, 0.2) is 247 Å². The fraction of sp³-hybridized carbons (Fsp3) is 0. The predicted octanol–water partition coefficient (Wildman–Crippen LogP) is 16.5. The molecular weight excluding hydrogens is 829 g/mol. The van der Waals surface area contributed by atoms with E-state index in [4.69, 9.17) is 19.4 Å². The van der Waals surface area contributed by atoms with E-state index in [9.17, 15) is 0 Å². The van der Waals surface area contributed by atoms with E-state index >= 15 is 0 Å². The number of benzene rings is 10. The van der Waals surface area contributed by atoms with Crippen molar-refractivity contribution < 1.29 is 4.42 Å². The molecule has 318 valence electrons. The van der Waals surface area contributed by atoms with Crippen LogP contribution >= 0.6 is 0 Å². The van der Waals surface area contributed by atoms with Crippen molar-refractivity contribution in [3.8, 4) is 84.4 Å². The van der Waals surface area contributed by atoms with Crippen molar-refractivity contribution in [2.45, 2.75) is 0 Å². The maximum Gasteiger partial charge on any atom is 0.167 e. The number of hydrogen-bond donors (Lipinski definition) is 0. The molecule has 3 heterocycles. The molecule has 13 rings (SSSR count). The molecule has 10 aromatic carbocycles. The Morgan fingerprint density at radius 3 is 1.29 bits per heavy atom. The highest BCUT2D eigenvalue weighted by molar-refractivity contribution is 6.18. The predicted molar refractivity (Wildman–Crippen MR) is 279 cm³/mol. The zero-order valence-electron chi connectivity index (χ0n) is 36.8. The van der Waals surface area contributed by atoms with Crippen molar-refractivity contribution in [3.63, 3.8) is 0 Å². The van der Waals surface area contributed by atoms with E-state index in [1.807, 2.05) is 12.1 Å². The number of nitrogens with zero attached hydrogens (tertiary/aromatic N) is 4. The fourth-order valence-corrected chi connectivity index (χ4v) is 9.72. The third-order valence-electron chi connectivity index (χ3n) is 13.1. The lowest BCUT2D eigenvalue weighted by Gasteiger charge is -2.11. The Labute approximate surface area is 392 Å². The van der Waals surface area contributed by atoms with E-state index < -0.39 is 0 Å². The summed E-state index contributed by atoms with van der Waals surface area (Å²) in [5.41, 5.74) is 16.6. The summed E-state index contributed by atoms with van der Waals surface area (Å²) in [4.78, 5) is 15.6. The Kier molecular flexibility index (Phi) is 9.43. The minimum atomic E-state index is 0.541. The second kappa shape index (κ2) is 16.4. The van der Waals surface area contributed by atoms with Crippen molar-refractivity contribution in [3.05, 3.63) is 243 Å². The maximum atomic E-state index is 6.95. The molecule has 0 aliphatic carbocycles. The van der Waals surface area contributed by atoms with Crippen LogP contribution in [0.3, 0.4) is 0 Å². The van der Waals surface area contributed by atoms with Crippen LogP contribution in [0.4, 0.5) is 0 Å². The summed E-state index contributed by atoms with van der Waals surface area (Å²) in [6, 6.07) is 85.2. The first-order valence-electron chi connectivity index (χ1n) is 22.9. The van der Waals surface area contributed by atoms with Crippen molar-refractivity contribution in [1.82, 2.24) is 19.5 Å². The summed E-state index contributed by atoms with van der Waals surface area (Å²) < 4.78 is 9.32. The Balaban J connectivity index is 0.953. The lowest BCUT2D eigenvalue weighted by Crippen LogP contribution is -2.00. The van der Waals surface area contributed by atoms with E-state index in [1.165, 1.54) is 22.3 Å². The van der Waals surface area contributed by atoms with Crippen LogP contribution in [-0.2, 0) is 0 Å². The fourth-order valence-electron chi connectivity index (χ4n) is 9.72. The second-order valence-corrected chi connectivity index (χ2v) is 17.2. The summed E-state index contributed by atoms with van der Waals surface area (Å²) in [6.45, 7) is 0. The Bertz CT molecular complexity index is 3900. The molecule has 0 aliphatic heterocycles. The van der Waals surface area contributed by atoms with E-state index in [2.05, 4.69) is 235 Å². The van der Waals surface area contributed by atoms with E-state index in [0.29, 0.717) is 17.5 Å². The van der Waals surface area contributed by atoms with Gasteiger partial charge in [-0.2, -0.15) is 0 Å². The Morgan fingerprint density at radius 1 is 0.279 bits per heavy atom. The topological polar surface area (TPSA) is 56.7 Å². The summed E-state index contributed by atoms with van der Waals surface area (Å²) in [5, 5.41) is 4.29. The summed E-state index contributed by atoms with van der Waals surface area (Å²) >= 11 is 0. The number of rotatable bonds is 8. The lowest BCUT2D eigenvalue weighted by atomic mass is 9.99. The minimum Gasteiger partial charge on any atom is -0.455 e. The first-order valence-corrected chi connectivity index (χ1v) is 22.9. The quantitative estimate of drug-likeness (QED) is 0.153. The molecule has 13 aromatic rings. The molecule has 5 nitrogen and oxygen atoms in total. The second-order valence-electron chi connectivity index (χ2n) is 17.2. The number of hydrogen-bond acceptors (Lipinski definition) is 4. The van der Waals surface area contributed by atoms with Crippen LogP contribution in [0.1, 0.15) is 0 Å². The van der Waals surface area contributed by atoms with Gasteiger partial charge in [0.2, 0.25) is 0 Å². The SMILES string of the molecule is c1ccc(-c2cccc(-c3ccc(-n4c5ccccc5c5cc6oc7c(-c8nc(-c9cccc(-c%10ccccc%10)c9)nc(-c9cccc(-c%10ccccc%10)c9)n8)cccc7c6cc54)cc3)c2)cc1. The van der Waals surface area contributed by atoms with Crippen LogP contribution in [0.5, 0.6) is 0 Å². The molecule has 0 saturated carbocycles. The largest absolute Gasteiger partial charge is 0.455 e. The molecule has 3 aromatic heterocycles. The normalized spacial score (nSPS) is 11.5. The molecule has 0 aliphatic rings. The van der Waals surface area contributed by atoms with Crippen LogP contribution < -0.4 is 0 Å². The molecule has 0 amide bonds. The molecule has 0 N–H and O–H groups in total. The maximum absolute atomic E-state index is 6.95. The van der Waals surface area contributed by atoms with E-state index in [1.54, 1.807) is 0 Å². The van der Waals surface area contributed by atoms with Gasteiger partial charge in [-0.3, -0.25) is 0 Å². The molecule has 0 spiro atoms. The highest BCUT2D eigenvalue weighted by Gasteiger charge is 2.21. The van der Waals surface area contributed by atoms with Crippen molar-refractivity contribution >= 4 is 43.7 Å². The summed E-state index contributed by atoms with van der Waals surface area (Å²) in [6.07, 6.45) is 0. The Hall–Kier alpha value is -9.19. The molecule has 0 radical (unpaired) electrons. The smallest absolute Gasteiger partial charge is 0.167 e. The van der Waals surface area contributed by atoms with Crippen LogP contribution in [0.2, 0.25) is 0 Å². The highest BCUT2D eigenvalue weighted by Crippen LogP contribution is 2.41. The molecule has 0 saturated heterocycles. The molecule has 0 atom stereocenters. The van der Waals surface area contributed by atoms with Gasteiger partial charge in [0.05, 0.1) is 16.6 Å². The van der Waals surface area contributed by atoms with Gasteiger partial charge in [-0.15, -0.1) is 0 Å². The zero-order valence-corrected chi connectivity index (χ0v) is 36.8. The van der Waals surface area contributed by atoms with Gasteiger partial charge in [0.1, 0.15) is 11.2 Å². The van der Waals surface area contributed by atoms with E-state index in [0.717, 1.165) is 88.4 Å². The van der Waals surface area contributed by atoms with E-state index in [-0.39, 0.29) is 0 Å². The number of fused-ring (bicyclic) bond motifs is 6. The minimum absolute atomic E-state index is 0.541. The van der Waals surface area contributed by atoms with Crippen molar-refractivity contribution in [1.29, 1.82) is 0 Å². The van der Waals surface area contributed by atoms with Crippen LogP contribution in [-0.4, -0.2) is 19.5 Å². The lowest BCUT2D eigenvalue weighted by molar-refractivity contribution is 0.670. The number of furan rings is 1. The average molecular weight is 869 g/mol. The molecule has 68 heavy (non-hydrogen) atoms. The van der Waals surface area contributed by atoms with Gasteiger partial charge in [0, 0.05) is 38.4 Å². The van der Waals surface area contributed by atoms with Gasteiger partial charge in [0.25, 0.3) is 0 Å². The number of para-hydroxylation sites is 2. The molecule has 0 bridgehead atoms. The summed E-state index contributed by atoms with van der Waals surface area (Å²) in [7, 11) is 0. The average Bonchev–Trinajstić information content (AvgIpc) is 3.95. The molecular formula is C63H40N4O. The first-order chi connectivity index (χ1) is 33.7. The van der Waals surface area contributed by atoms with Crippen molar-refractivity contribution in [2.75, 3.05) is 0 Å². The molecule has 0 unspecified atom stereocenters. The van der Waals surface area contributed by atoms with Crippen molar-refractivity contribution in [2.24, 2.45) is 0 Å². The van der Waals surface area contributed by atoms with Gasteiger partial charge in [0.15, 0.2) is 17.5 Å². The molecule has 5 heteroatoms. The standard InChI is InChI=1S/C63H40N4O/c1-4-16-41(17-5-1)45-22-12-23-46(36-45)44-32-34-51(35-33-44)67-57-31-11-10-28-52(57)55-40-59-56(39-58(55)67)53-29-15-30-54(60(53)68-59)63-65-61(49-26-13-24-47(37-49)42-18-6-2-7-19-42)64-62(66-63)50-27-14-25-48(38-50)43-20-8-3-9-21-43/h1-40H. The third-order valence-corrected chi connectivity index (χ3v) is 13.1. The third kappa shape index (κ3) is 6.93. The first kappa shape index (κ1) is 39.2. The number of aromatic nitrogens is 4. The van der Waals surface area contributed by atoms with Gasteiger partial charge in [-0.05, 0) is 99.1 Å². The van der Waals surface area contributed by atoms with Crippen LogP contribution in [0.25, 0.3) is 128 Å². The highest BCUT2D eigenvalue weighted by atomic mass is 16.3. The Morgan fingerprint density at radius 2 is 0.721 bits per heavy atom. The van der Waals surface area contributed by atoms with Gasteiger partial charge in [-0.1, -0.05) is 188 Å². The van der Waals surface area contributed by atoms with Gasteiger partial charge >= 0.3 is 0 Å². The molecule has 0 fully saturated rings. The van der Waals surface area contributed by atoms with Gasteiger partial charge in [-0.25, -0.2) is 15.0 Å². The summed E-state index contributed by atoms with van der Waals surface area (Å²) in [5.74, 6) is 1.71. The zero-order chi connectivity index (χ0) is 45.0. The monoisotopic (exact) mass is 868 g/mol. The van der Waals surface area contributed by atoms with Gasteiger partial charge < -0.3 is 8.98 Å². The van der Waals surface area contributed by atoms with Crippen LogP contribution in [0, 0.1) is 0 Å².